The number of carboxylic acids is 1. The molecular formula is C22H23F3N2O5S. The highest BCUT2D eigenvalue weighted by molar-refractivity contribution is 7.92. The van der Waals surface area contributed by atoms with E-state index in [0.717, 1.165) is 18.4 Å². The van der Waals surface area contributed by atoms with E-state index < -0.39 is 27.6 Å². The van der Waals surface area contributed by atoms with Crippen LogP contribution in [0.1, 0.15) is 24.0 Å². The predicted molar refractivity (Wildman–Crippen MR) is 116 cm³/mol. The first kappa shape index (κ1) is 25.9. The van der Waals surface area contributed by atoms with Crippen molar-refractivity contribution in [2.45, 2.75) is 36.3 Å². The van der Waals surface area contributed by atoms with Gasteiger partial charge in [0.1, 0.15) is 0 Å². The number of carbonyl (C=O) groups excluding carboxylic acids is 1. The zero-order valence-electron chi connectivity index (χ0n) is 17.6. The lowest BCUT2D eigenvalue weighted by Crippen LogP contribution is -2.34. The highest BCUT2D eigenvalue weighted by Gasteiger charge is 2.50. The van der Waals surface area contributed by atoms with Crippen LogP contribution in [0.4, 0.5) is 18.9 Å². The number of nitrogens with one attached hydrogen (secondary N) is 2. The molecule has 3 N–H and O–H groups in total. The maximum Gasteiger partial charge on any atom is 0.490 e. The molecule has 1 amide bonds. The van der Waals surface area contributed by atoms with Gasteiger partial charge in [-0.05, 0) is 49.1 Å². The molecule has 1 aliphatic rings. The number of alkyl halides is 3. The maximum atomic E-state index is 12.6. The molecule has 0 heterocycles. The van der Waals surface area contributed by atoms with E-state index in [0.29, 0.717) is 17.8 Å². The van der Waals surface area contributed by atoms with Crippen molar-refractivity contribution in [3.05, 3.63) is 72.3 Å². The minimum Gasteiger partial charge on any atom is -0.475 e. The first-order valence-corrected chi connectivity index (χ1v) is 11.2. The number of aryl methyl sites for hydroxylation is 1. The molecule has 0 atom stereocenters. The van der Waals surface area contributed by atoms with Crippen molar-refractivity contribution in [2.24, 2.45) is 0 Å². The van der Waals surface area contributed by atoms with Gasteiger partial charge in [-0.25, -0.2) is 13.2 Å². The minimum atomic E-state index is -5.08. The van der Waals surface area contributed by atoms with Gasteiger partial charge in [0.25, 0.3) is 10.0 Å². The van der Waals surface area contributed by atoms with Crippen molar-refractivity contribution in [3.8, 4) is 0 Å². The van der Waals surface area contributed by atoms with E-state index in [1.165, 1.54) is 0 Å². The van der Waals surface area contributed by atoms with E-state index in [-0.39, 0.29) is 10.8 Å². The quantitative estimate of drug-likeness (QED) is 0.518. The first-order valence-electron chi connectivity index (χ1n) is 9.72. The van der Waals surface area contributed by atoms with E-state index >= 15 is 0 Å². The SMILES string of the molecule is C=CCNC(=O)C1(c2ccc(NS(=O)(=O)c3ccccc3C)cc2)CC1.O=C(O)C(F)(F)F. The van der Waals surface area contributed by atoms with E-state index in [9.17, 15) is 26.4 Å². The Bertz CT molecular complexity index is 1130. The van der Waals surface area contributed by atoms with Gasteiger partial charge in [0.15, 0.2) is 0 Å². The second-order valence-corrected chi connectivity index (χ2v) is 8.98. The third-order valence-corrected chi connectivity index (χ3v) is 6.45. The Hall–Kier alpha value is -3.34. The molecule has 0 radical (unpaired) electrons. The van der Waals surface area contributed by atoms with Crippen LogP contribution in [0, 0.1) is 6.92 Å². The molecule has 0 aromatic heterocycles. The molecular weight excluding hydrogens is 461 g/mol. The molecule has 2 aromatic carbocycles. The summed E-state index contributed by atoms with van der Waals surface area (Å²) in [4.78, 5) is 21.5. The van der Waals surface area contributed by atoms with Crippen LogP contribution in [0.25, 0.3) is 0 Å². The summed E-state index contributed by atoms with van der Waals surface area (Å²) < 4.78 is 59.4. The number of benzene rings is 2. The molecule has 7 nitrogen and oxygen atoms in total. The van der Waals surface area contributed by atoms with E-state index in [4.69, 9.17) is 9.90 Å². The average Bonchev–Trinajstić information content (AvgIpc) is 3.54. The number of hydrogen-bond acceptors (Lipinski definition) is 4. The van der Waals surface area contributed by atoms with Gasteiger partial charge in [0.2, 0.25) is 5.91 Å². The van der Waals surface area contributed by atoms with E-state index in [1.807, 2.05) is 12.1 Å². The monoisotopic (exact) mass is 484 g/mol. The summed E-state index contributed by atoms with van der Waals surface area (Å²) in [5.41, 5.74) is 1.57. The van der Waals surface area contributed by atoms with Gasteiger partial charge in [-0.15, -0.1) is 6.58 Å². The van der Waals surface area contributed by atoms with Crippen LogP contribution in [0.3, 0.4) is 0 Å². The summed E-state index contributed by atoms with van der Waals surface area (Å²) in [6.45, 7) is 5.80. The normalized spacial score (nSPS) is 14.3. The highest BCUT2D eigenvalue weighted by atomic mass is 32.2. The van der Waals surface area contributed by atoms with Gasteiger partial charge < -0.3 is 10.4 Å². The highest BCUT2D eigenvalue weighted by Crippen LogP contribution is 2.48. The topological polar surface area (TPSA) is 113 Å². The van der Waals surface area contributed by atoms with Gasteiger partial charge >= 0.3 is 12.1 Å². The fraction of sp³-hybridized carbons (Fsp3) is 0.273. The lowest BCUT2D eigenvalue weighted by Gasteiger charge is -2.16. The molecule has 0 unspecified atom stereocenters. The van der Waals surface area contributed by atoms with Gasteiger partial charge in [-0.3, -0.25) is 9.52 Å². The van der Waals surface area contributed by atoms with Crippen molar-refractivity contribution in [1.82, 2.24) is 5.32 Å². The van der Waals surface area contributed by atoms with Crippen molar-refractivity contribution >= 4 is 27.6 Å². The van der Waals surface area contributed by atoms with Crippen LogP contribution in [0.15, 0.2) is 66.1 Å². The van der Waals surface area contributed by atoms with Gasteiger partial charge in [-0.1, -0.05) is 36.4 Å². The van der Waals surface area contributed by atoms with Crippen LogP contribution >= 0.6 is 0 Å². The Balaban J connectivity index is 0.000000479. The van der Waals surface area contributed by atoms with E-state index in [1.54, 1.807) is 49.4 Å². The number of anilines is 1. The first-order chi connectivity index (χ1) is 15.3. The number of aliphatic carboxylic acids is 1. The lowest BCUT2D eigenvalue weighted by atomic mass is 9.95. The van der Waals surface area contributed by atoms with Crippen molar-refractivity contribution in [1.29, 1.82) is 0 Å². The van der Waals surface area contributed by atoms with Crippen molar-refractivity contribution in [2.75, 3.05) is 11.3 Å². The predicted octanol–water partition coefficient (Wildman–Crippen LogP) is 3.76. The fourth-order valence-corrected chi connectivity index (χ4v) is 4.34. The molecule has 1 fully saturated rings. The van der Waals surface area contributed by atoms with Crippen LogP contribution in [0.2, 0.25) is 0 Å². The smallest absolute Gasteiger partial charge is 0.475 e. The Labute approximate surface area is 189 Å². The van der Waals surface area contributed by atoms with Crippen molar-refractivity contribution in [3.63, 3.8) is 0 Å². The van der Waals surface area contributed by atoms with Gasteiger partial charge in [-0.2, -0.15) is 13.2 Å². The largest absolute Gasteiger partial charge is 0.490 e. The van der Waals surface area contributed by atoms with Crippen LogP contribution in [-0.2, 0) is 25.0 Å². The summed E-state index contributed by atoms with van der Waals surface area (Å²) in [5, 5.41) is 9.97. The Morgan fingerprint density at radius 3 is 2.12 bits per heavy atom. The van der Waals surface area contributed by atoms with Crippen LogP contribution in [0.5, 0.6) is 0 Å². The molecule has 2 aromatic rings. The molecule has 0 aliphatic heterocycles. The second-order valence-electron chi connectivity index (χ2n) is 7.33. The molecule has 0 bridgehead atoms. The molecule has 0 spiro atoms. The number of hydrogen-bond donors (Lipinski definition) is 3. The molecule has 1 saturated carbocycles. The molecule has 11 heteroatoms. The van der Waals surface area contributed by atoms with Crippen LogP contribution < -0.4 is 10.0 Å². The third kappa shape index (κ3) is 6.58. The number of sulfonamides is 1. The lowest BCUT2D eigenvalue weighted by molar-refractivity contribution is -0.192. The number of halogens is 3. The van der Waals surface area contributed by atoms with Crippen molar-refractivity contribution < 1.29 is 36.3 Å². The Morgan fingerprint density at radius 1 is 1.12 bits per heavy atom. The van der Waals surface area contributed by atoms with Gasteiger partial charge in [0.05, 0.1) is 10.3 Å². The zero-order valence-corrected chi connectivity index (χ0v) is 18.5. The summed E-state index contributed by atoms with van der Waals surface area (Å²) in [7, 11) is -3.65. The standard InChI is InChI=1S/C20H22N2O3S.C2HF3O2/c1-3-14-21-19(23)20(12-13-20)16-8-10-17(11-9-16)22-26(24,25)18-7-5-4-6-15(18)2;3-2(4,5)1(6)7/h3-11,22H,1,12-14H2,2H3,(H,21,23);(H,6,7). The van der Waals surface area contributed by atoms with Crippen LogP contribution in [-0.4, -0.2) is 38.1 Å². The summed E-state index contributed by atoms with van der Waals surface area (Å²) in [5.74, 6) is -2.77. The number of carboxylic acid groups (broad SMARTS) is 1. The Kier molecular flexibility index (Phi) is 7.91. The summed E-state index contributed by atoms with van der Waals surface area (Å²) >= 11 is 0. The summed E-state index contributed by atoms with van der Waals surface area (Å²) in [6.07, 6.45) is -1.84. The van der Waals surface area contributed by atoms with E-state index in [2.05, 4.69) is 16.6 Å². The molecule has 0 saturated heterocycles. The zero-order chi connectivity index (χ0) is 24.9. The maximum absolute atomic E-state index is 12.6. The Morgan fingerprint density at radius 2 is 1.67 bits per heavy atom. The molecule has 33 heavy (non-hydrogen) atoms. The number of carbonyl (C=O) groups is 2. The number of rotatable bonds is 7. The molecule has 178 valence electrons. The average molecular weight is 484 g/mol. The third-order valence-electron chi connectivity index (χ3n) is 4.91. The fourth-order valence-electron chi connectivity index (χ4n) is 3.03. The summed E-state index contributed by atoms with van der Waals surface area (Å²) in [6, 6.07) is 13.9. The second kappa shape index (κ2) is 10.1. The molecule has 3 rings (SSSR count). The minimum absolute atomic E-state index is 0.00867. The molecule has 1 aliphatic carbocycles. The number of amides is 1. The van der Waals surface area contributed by atoms with Gasteiger partial charge in [0, 0.05) is 12.2 Å².